The van der Waals surface area contributed by atoms with Gasteiger partial charge in [0.05, 0.1) is 6.04 Å². The van der Waals surface area contributed by atoms with Crippen LogP contribution in [-0.4, -0.2) is 23.9 Å². The first-order valence-electron chi connectivity index (χ1n) is 3.79. The van der Waals surface area contributed by atoms with Crippen LogP contribution in [0.5, 0.6) is 0 Å². The second-order valence-corrected chi connectivity index (χ2v) is 3.03. The van der Waals surface area contributed by atoms with Crippen LogP contribution in [0.1, 0.15) is 13.8 Å². The Morgan fingerprint density at radius 3 is 2.42 bits per heavy atom. The van der Waals surface area contributed by atoms with Crippen LogP contribution in [0.25, 0.3) is 0 Å². The van der Waals surface area contributed by atoms with E-state index in [1.165, 1.54) is 0 Å². The average Bonchev–Trinajstić information content (AvgIpc) is 2.28. The fourth-order valence-electron chi connectivity index (χ4n) is 1.16. The number of rotatable bonds is 2. The predicted octanol–water partition coefficient (Wildman–Crippen LogP) is 0.201. The maximum Gasteiger partial charge on any atom is 0.315 e. The normalized spacial score (nSPS) is 27.7. The van der Waals surface area contributed by atoms with Gasteiger partial charge in [-0.3, -0.25) is 4.79 Å². The highest BCUT2D eigenvalue weighted by Crippen LogP contribution is 2.06. The van der Waals surface area contributed by atoms with Crippen molar-refractivity contribution in [2.75, 3.05) is 0 Å². The Kier molecular flexibility index (Phi) is 2.17. The molecule has 1 heterocycles. The monoisotopic (exact) mass is 168 g/mol. The van der Waals surface area contributed by atoms with Crippen LogP contribution in [-0.2, 0) is 4.79 Å². The molecule has 0 spiro atoms. The van der Waals surface area contributed by atoms with Crippen molar-refractivity contribution in [1.82, 2.24) is 10.6 Å². The quantitative estimate of drug-likeness (QED) is 0.579. The van der Waals surface area contributed by atoms with E-state index in [-0.39, 0.29) is 17.9 Å². The Balaban J connectivity index is 2.70. The molecule has 1 aliphatic heterocycles. The summed E-state index contributed by atoms with van der Waals surface area (Å²) in [5.74, 6) is -0.110. The molecule has 0 aromatic heterocycles. The van der Waals surface area contributed by atoms with E-state index in [0.29, 0.717) is 5.57 Å². The lowest BCUT2D eigenvalue weighted by Gasteiger charge is -2.11. The predicted molar refractivity (Wildman–Crippen MR) is 44.7 cm³/mol. The van der Waals surface area contributed by atoms with E-state index in [1.807, 2.05) is 0 Å². The molecule has 0 aromatic carbocycles. The third kappa shape index (κ3) is 1.47. The number of carbonyl (C=O) groups is 2. The Labute approximate surface area is 71.0 Å². The minimum atomic E-state index is -0.449. The van der Waals surface area contributed by atoms with Gasteiger partial charge in [0.15, 0.2) is 5.78 Å². The molecule has 2 N–H and O–H groups in total. The van der Waals surface area contributed by atoms with Crippen molar-refractivity contribution < 1.29 is 9.59 Å². The third-order valence-electron chi connectivity index (χ3n) is 1.85. The van der Waals surface area contributed by atoms with E-state index < -0.39 is 6.04 Å². The summed E-state index contributed by atoms with van der Waals surface area (Å²) in [4.78, 5) is 22.1. The van der Waals surface area contributed by atoms with Gasteiger partial charge in [-0.15, -0.1) is 0 Å². The number of urea groups is 1. The highest BCUT2D eigenvalue weighted by atomic mass is 16.2. The molecule has 0 radical (unpaired) electrons. The van der Waals surface area contributed by atoms with Crippen molar-refractivity contribution in [3.8, 4) is 0 Å². The molecule has 2 atom stereocenters. The second-order valence-electron chi connectivity index (χ2n) is 3.03. The number of Topliss-reactive ketones (excluding diaryl/α,β-unsaturated/α-hetero) is 1. The van der Waals surface area contributed by atoms with Crippen LogP contribution in [0.3, 0.4) is 0 Å². The zero-order chi connectivity index (χ0) is 9.30. The first-order valence-corrected chi connectivity index (χ1v) is 3.79. The summed E-state index contributed by atoms with van der Waals surface area (Å²) in [6.07, 6.45) is 0. The molecule has 1 aliphatic rings. The molecule has 12 heavy (non-hydrogen) atoms. The molecule has 2 amide bonds. The van der Waals surface area contributed by atoms with Crippen LogP contribution in [0.4, 0.5) is 4.79 Å². The average molecular weight is 168 g/mol. The van der Waals surface area contributed by atoms with Crippen molar-refractivity contribution >= 4 is 11.8 Å². The third-order valence-corrected chi connectivity index (χ3v) is 1.85. The van der Waals surface area contributed by atoms with Gasteiger partial charge in [-0.25, -0.2) is 4.79 Å². The van der Waals surface area contributed by atoms with Crippen LogP contribution in [0.15, 0.2) is 12.2 Å². The van der Waals surface area contributed by atoms with Gasteiger partial charge in [0.25, 0.3) is 0 Å². The van der Waals surface area contributed by atoms with Crippen LogP contribution < -0.4 is 10.6 Å². The first-order chi connectivity index (χ1) is 5.52. The smallest absolute Gasteiger partial charge is 0.315 e. The summed E-state index contributed by atoms with van der Waals surface area (Å²) < 4.78 is 0. The lowest BCUT2D eigenvalue weighted by molar-refractivity contribution is -0.117. The molecule has 2 unspecified atom stereocenters. The maximum atomic E-state index is 11.3. The van der Waals surface area contributed by atoms with Gasteiger partial charge in [0, 0.05) is 0 Å². The molecule has 4 heteroatoms. The minimum Gasteiger partial charge on any atom is -0.333 e. The standard InChI is InChI=1S/C8H12N2O2/c1-4(2)7(11)6-5(3)9-8(12)10-6/h5-6H,1H2,2-3H3,(H2,9,10,12). The molecule has 0 aliphatic carbocycles. The van der Waals surface area contributed by atoms with Crippen molar-refractivity contribution in [2.45, 2.75) is 25.9 Å². The summed E-state index contributed by atoms with van der Waals surface area (Å²) in [6.45, 7) is 6.95. The largest absolute Gasteiger partial charge is 0.333 e. The van der Waals surface area contributed by atoms with E-state index in [1.54, 1.807) is 13.8 Å². The van der Waals surface area contributed by atoms with Gasteiger partial charge >= 0.3 is 6.03 Å². The Morgan fingerprint density at radius 1 is 1.50 bits per heavy atom. The highest BCUT2D eigenvalue weighted by molar-refractivity contribution is 6.02. The van der Waals surface area contributed by atoms with E-state index in [9.17, 15) is 9.59 Å². The number of ketones is 1. The number of nitrogens with one attached hydrogen (secondary N) is 2. The Bertz CT molecular complexity index is 247. The summed E-state index contributed by atoms with van der Waals surface area (Å²) >= 11 is 0. The van der Waals surface area contributed by atoms with Crippen molar-refractivity contribution in [2.24, 2.45) is 0 Å². The molecular formula is C8H12N2O2. The van der Waals surface area contributed by atoms with Gasteiger partial charge in [-0.05, 0) is 19.4 Å². The molecule has 0 bridgehead atoms. The molecule has 0 saturated carbocycles. The lowest BCUT2D eigenvalue weighted by Crippen LogP contribution is -2.39. The van der Waals surface area contributed by atoms with Crippen molar-refractivity contribution in [3.63, 3.8) is 0 Å². The van der Waals surface area contributed by atoms with Gasteiger partial charge in [-0.2, -0.15) is 0 Å². The topological polar surface area (TPSA) is 58.2 Å². The summed E-state index contributed by atoms with van der Waals surface area (Å²) in [7, 11) is 0. The SMILES string of the molecule is C=C(C)C(=O)C1NC(=O)NC1C. The van der Waals surface area contributed by atoms with Crippen molar-refractivity contribution in [3.05, 3.63) is 12.2 Å². The fourth-order valence-corrected chi connectivity index (χ4v) is 1.16. The van der Waals surface area contributed by atoms with Crippen LogP contribution >= 0.6 is 0 Å². The molecular weight excluding hydrogens is 156 g/mol. The van der Waals surface area contributed by atoms with Gasteiger partial charge in [-0.1, -0.05) is 6.58 Å². The van der Waals surface area contributed by atoms with Gasteiger partial charge < -0.3 is 10.6 Å². The minimum absolute atomic E-state index is 0.110. The summed E-state index contributed by atoms with van der Waals surface area (Å²) in [6, 6.07) is -0.890. The van der Waals surface area contributed by atoms with Crippen LogP contribution in [0.2, 0.25) is 0 Å². The van der Waals surface area contributed by atoms with Gasteiger partial charge in [0.1, 0.15) is 6.04 Å². The molecule has 1 saturated heterocycles. The maximum absolute atomic E-state index is 11.3. The Hall–Kier alpha value is -1.32. The number of carbonyl (C=O) groups excluding carboxylic acids is 2. The molecule has 1 fully saturated rings. The lowest BCUT2D eigenvalue weighted by atomic mass is 10.0. The van der Waals surface area contributed by atoms with E-state index in [2.05, 4.69) is 17.2 Å². The van der Waals surface area contributed by atoms with Crippen LogP contribution in [0, 0.1) is 0 Å². The summed E-state index contributed by atoms with van der Waals surface area (Å²) in [5.41, 5.74) is 0.468. The van der Waals surface area contributed by atoms with E-state index in [4.69, 9.17) is 0 Å². The molecule has 0 aromatic rings. The van der Waals surface area contributed by atoms with Gasteiger partial charge in [0.2, 0.25) is 0 Å². The number of hydrogen-bond acceptors (Lipinski definition) is 2. The number of hydrogen-bond donors (Lipinski definition) is 2. The van der Waals surface area contributed by atoms with E-state index >= 15 is 0 Å². The Morgan fingerprint density at radius 2 is 2.08 bits per heavy atom. The van der Waals surface area contributed by atoms with E-state index in [0.717, 1.165) is 0 Å². The fraction of sp³-hybridized carbons (Fsp3) is 0.500. The zero-order valence-corrected chi connectivity index (χ0v) is 7.18. The zero-order valence-electron chi connectivity index (χ0n) is 7.18. The molecule has 66 valence electrons. The molecule has 4 nitrogen and oxygen atoms in total. The molecule has 1 rings (SSSR count). The second kappa shape index (κ2) is 2.97. The highest BCUT2D eigenvalue weighted by Gasteiger charge is 2.33. The summed E-state index contributed by atoms with van der Waals surface area (Å²) in [5, 5.41) is 5.11. The number of amides is 2. The van der Waals surface area contributed by atoms with Crippen molar-refractivity contribution in [1.29, 1.82) is 0 Å². The first kappa shape index (κ1) is 8.77.